The quantitative estimate of drug-likeness (QED) is 0.0320. The number of carbonyl (C=O) groups excluding carboxylic acids is 2. The first-order valence-corrected chi connectivity index (χ1v) is 43.5. The van der Waals surface area contributed by atoms with Gasteiger partial charge in [-0.1, -0.05) is 475 Å². The molecule has 0 aliphatic carbocycles. The Morgan fingerprint density at radius 2 is 0.495 bits per heavy atom. The van der Waals surface area contributed by atoms with Gasteiger partial charge in [0.15, 0.2) is 0 Å². The van der Waals surface area contributed by atoms with Crippen molar-refractivity contribution < 1.29 is 24.5 Å². The zero-order chi connectivity index (χ0) is 67.0. The third-order valence-electron chi connectivity index (χ3n) is 20.8. The molecule has 0 aliphatic rings. The molecule has 0 fully saturated rings. The monoisotopic (exact) mass is 1310 g/mol. The minimum atomic E-state index is -0.841. The maximum atomic E-state index is 12.6. The zero-order valence-corrected chi connectivity index (χ0v) is 63.8. The van der Waals surface area contributed by atoms with Crippen LogP contribution in [-0.2, 0) is 14.3 Å². The lowest BCUT2D eigenvalue weighted by molar-refractivity contribution is -0.143. The fourth-order valence-corrected chi connectivity index (χ4v) is 14.2. The van der Waals surface area contributed by atoms with E-state index in [9.17, 15) is 19.8 Å². The maximum Gasteiger partial charge on any atom is 0.305 e. The van der Waals surface area contributed by atoms with Gasteiger partial charge in [0.25, 0.3) is 0 Å². The van der Waals surface area contributed by atoms with Gasteiger partial charge in [-0.05, 0) is 32.1 Å². The van der Waals surface area contributed by atoms with E-state index in [-0.39, 0.29) is 18.5 Å². The van der Waals surface area contributed by atoms with Crippen LogP contribution in [0.4, 0.5) is 0 Å². The predicted octanol–water partition coefficient (Wildman–Crippen LogP) is 29.0. The number of amides is 1. The number of aliphatic hydroxyl groups is 2. The summed E-state index contributed by atoms with van der Waals surface area (Å²) in [4.78, 5) is 24.7. The van der Waals surface area contributed by atoms with Crippen molar-refractivity contribution in [1.82, 2.24) is 5.32 Å². The number of ether oxygens (including phenoxy) is 1. The van der Waals surface area contributed by atoms with Gasteiger partial charge in [-0.15, -0.1) is 0 Å². The molecule has 0 aliphatic heterocycles. The van der Waals surface area contributed by atoms with Gasteiger partial charge in [0.05, 0.1) is 25.4 Å². The molecule has 93 heavy (non-hydrogen) atoms. The van der Waals surface area contributed by atoms with Crippen molar-refractivity contribution in [2.75, 3.05) is 13.2 Å². The van der Waals surface area contributed by atoms with Crippen LogP contribution in [0.2, 0.25) is 0 Å². The Morgan fingerprint density at radius 3 is 0.731 bits per heavy atom. The van der Waals surface area contributed by atoms with E-state index in [2.05, 4.69) is 19.2 Å². The fraction of sp³-hybridized carbons (Fsp3) is 0.954. The Labute approximate surface area is 584 Å². The summed E-state index contributed by atoms with van der Waals surface area (Å²) in [5.74, 6) is -0.0281. The number of allylic oxidation sites excluding steroid dienone is 1. The van der Waals surface area contributed by atoms with Gasteiger partial charge >= 0.3 is 5.97 Å². The maximum absolute atomic E-state index is 12.6. The Morgan fingerprint density at radius 1 is 0.290 bits per heavy atom. The molecular weight excluding hydrogens is 1140 g/mol. The summed E-state index contributed by atoms with van der Waals surface area (Å²) in [6, 6.07) is -0.624. The molecule has 1 amide bonds. The molecule has 6 nitrogen and oxygen atoms in total. The van der Waals surface area contributed by atoms with Crippen molar-refractivity contribution in [1.29, 1.82) is 0 Å². The minimum Gasteiger partial charge on any atom is -0.466 e. The highest BCUT2D eigenvalue weighted by molar-refractivity contribution is 5.76. The van der Waals surface area contributed by atoms with Crippen LogP contribution in [0.15, 0.2) is 12.2 Å². The second kappa shape index (κ2) is 83.0. The average Bonchev–Trinajstić information content (AvgIpc) is 3.72. The highest BCUT2D eigenvalue weighted by atomic mass is 16.5. The molecule has 0 aromatic rings. The number of hydrogen-bond donors (Lipinski definition) is 3. The Bertz CT molecular complexity index is 1420. The van der Waals surface area contributed by atoms with Gasteiger partial charge in [-0.3, -0.25) is 9.59 Å². The predicted molar refractivity (Wildman–Crippen MR) is 412 cm³/mol. The Balaban J connectivity index is 3.31. The second-order valence-corrected chi connectivity index (χ2v) is 30.2. The largest absolute Gasteiger partial charge is 0.466 e. The van der Waals surface area contributed by atoms with Crippen molar-refractivity contribution in [3.05, 3.63) is 12.2 Å². The van der Waals surface area contributed by atoms with E-state index in [4.69, 9.17) is 4.74 Å². The average molecular weight is 1310 g/mol. The molecule has 0 saturated carbocycles. The lowest BCUT2D eigenvalue weighted by Gasteiger charge is -2.20. The molecule has 0 spiro atoms. The van der Waals surface area contributed by atoms with Gasteiger partial charge in [0, 0.05) is 12.8 Å². The van der Waals surface area contributed by atoms with Gasteiger partial charge in [0.2, 0.25) is 5.91 Å². The normalized spacial score (nSPS) is 12.4. The third kappa shape index (κ3) is 79.5. The van der Waals surface area contributed by atoms with Crippen LogP contribution in [0.3, 0.4) is 0 Å². The van der Waals surface area contributed by atoms with E-state index in [1.807, 2.05) is 6.08 Å². The molecule has 0 bridgehead atoms. The summed E-state index contributed by atoms with van der Waals surface area (Å²) in [6.45, 7) is 4.98. The van der Waals surface area contributed by atoms with E-state index in [0.717, 1.165) is 38.5 Å². The molecule has 554 valence electrons. The van der Waals surface area contributed by atoms with Crippen LogP contribution >= 0.6 is 0 Å². The first kappa shape index (κ1) is 91.6. The zero-order valence-electron chi connectivity index (χ0n) is 63.8. The molecule has 2 unspecified atom stereocenters. The molecule has 0 saturated heterocycles. The third-order valence-corrected chi connectivity index (χ3v) is 20.8. The molecular formula is C87H171NO5. The highest BCUT2D eigenvalue weighted by Gasteiger charge is 2.18. The minimum absolute atomic E-state index is 0.0281. The molecule has 3 N–H and O–H groups in total. The van der Waals surface area contributed by atoms with Crippen molar-refractivity contribution in [3.8, 4) is 0 Å². The van der Waals surface area contributed by atoms with Crippen molar-refractivity contribution >= 4 is 11.9 Å². The molecule has 0 heterocycles. The second-order valence-electron chi connectivity index (χ2n) is 30.2. The van der Waals surface area contributed by atoms with Gasteiger partial charge < -0.3 is 20.3 Å². The van der Waals surface area contributed by atoms with E-state index in [1.165, 1.54) is 443 Å². The van der Waals surface area contributed by atoms with Crippen LogP contribution < -0.4 is 5.32 Å². The highest BCUT2D eigenvalue weighted by Crippen LogP contribution is 2.21. The number of esters is 1. The standard InChI is InChI=1S/C87H171NO5/c1-3-5-7-9-11-13-15-17-19-21-22-23-39-42-45-48-51-55-59-63-67-71-75-79-85(90)84(83-89)88-86(91)80-76-72-68-64-60-56-52-49-46-43-40-37-35-33-31-29-27-25-24-26-28-30-32-34-36-38-41-44-47-50-54-58-62-66-70-74-78-82-93-87(92)81-77-73-69-65-61-57-53-20-18-16-14-12-10-8-6-4-2/h75,79,84-85,89-90H,3-74,76-78,80-83H2,1-2H3,(H,88,91)/b79-75+. The van der Waals surface area contributed by atoms with Crippen LogP contribution in [0.1, 0.15) is 508 Å². The molecule has 6 heteroatoms. The summed E-state index contributed by atoms with van der Waals surface area (Å²) < 4.78 is 5.52. The number of rotatable bonds is 83. The van der Waals surface area contributed by atoms with Crippen LogP contribution in [-0.4, -0.2) is 47.4 Å². The van der Waals surface area contributed by atoms with Crippen LogP contribution in [0.25, 0.3) is 0 Å². The number of carbonyl (C=O) groups is 2. The number of nitrogens with one attached hydrogen (secondary N) is 1. The molecule has 0 rings (SSSR count). The van der Waals surface area contributed by atoms with E-state index in [1.54, 1.807) is 6.08 Å². The van der Waals surface area contributed by atoms with E-state index in [0.29, 0.717) is 19.4 Å². The van der Waals surface area contributed by atoms with Gasteiger partial charge in [-0.25, -0.2) is 0 Å². The molecule has 0 aromatic carbocycles. The van der Waals surface area contributed by atoms with Crippen molar-refractivity contribution in [3.63, 3.8) is 0 Å². The van der Waals surface area contributed by atoms with Crippen molar-refractivity contribution in [2.45, 2.75) is 520 Å². The summed E-state index contributed by atoms with van der Waals surface area (Å²) in [7, 11) is 0. The van der Waals surface area contributed by atoms with Crippen LogP contribution in [0, 0.1) is 0 Å². The first-order valence-electron chi connectivity index (χ1n) is 43.5. The SMILES string of the molecule is CCCCCCCCCCCCCCCCCCCCCCC/C=C/C(O)C(CO)NC(=O)CCCCCCCCCCCCCCCCCCCCCCCCCCCCCCCCCCCCCCCOC(=O)CCCCCCCCCCCCCCCCCC. The van der Waals surface area contributed by atoms with Crippen LogP contribution in [0.5, 0.6) is 0 Å². The number of hydrogen-bond acceptors (Lipinski definition) is 5. The molecule has 0 aromatic heterocycles. The molecule has 0 radical (unpaired) electrons. The summed E-state index contributed by atoms with van der Waals surface area (Å²) in [5, 5.41) is 23.3. The summed E-state index contributed by atoms with van der Waals surface area (Å²) in [6.07, 6.45) is 107. The summed E-state index contributed by atoms with van der Waals surface area (Å²) >= 11 is 0. The van der Waals surface area contributed by atoms with E-state index < -0.39 is 12.1 Å². The fourth-order valence-electron chi connectivity index (χ4n) is 14.2. The number of aliphatic hydroxyl groups excluding tert-OH is 2. The van der Waals surface area contributed by atoms with Crippen molar-refractivity contribution in [2.24, 2.45) is 0 Å². The van der Waals surface area contributed by atoms with E-state index >= 15 is 0 Å². The smallest absolute Gasteiger partial charge is 0.305 e. The Hall–Kier alpha value is -1.40. The Kier molecular flexibility index (Phi) is 81.8. The lowest BCUT2D eigenvalue weighted by atomic mass is 10.0. The number of unbranched alkanes of at least 4 members (excludes halogenated alkanes) is 72. The summed E-state index contributed by atoms with van der Waals surface area (Å²) in [5.41, 5.74) is 0. The molecule has 2 atom stereocenters. The first-order chi connectivity index (χ1) is 46.0. The topological polar surface area (TPSA) is 95.9 Å². The lowest BCUT2D eigenvalue weighted by Crippen LogP contribution is -2.45. The van der Waals surface area contributed by atoms with Gasteiger partial charge in [-0.2, -0.15) is 0 Å². The van der Waals surface area contributed by atoms with Gasteiger partial charge in [0.1, 0.15) is 0 Å².